The number of amides is 1. The molecule has 1 amide bonds. The van der Waals surface area contributed by atoms with Gasteiger partial charge in [0, 0.05) is 73.7 Å². The largest absolute Gasteiger partial charge is 0.496 e. The van der Waals surface area contributed by atoms with Gasteiger partial charge in [0.25, 0.3) is 5.91 Å². The highest BCUT2D eigenvalue weighted by Gasteiger charge is 2.31. The van der Waals surface area contributed by atoms with Crippen LogP contribution in [-0.4, -0.2) is 83.6 Å². The standard InChI is InChI=1S/C36H42N6O3/c1-23-34-33(39-35(42(34)15-14-37-23)24-8-11-28(12-9-24)41-18-16-40(2)17-19-41)26-10-13-30(32(22-26)45-4)38-36(43)27-20-25-6-5-7-31(44-3)29(25)21-27/h5-7,10,13-15,21-22,24,28H,8-9,11-12,16-20H2,1-4H3,(H,38,43). The molecular weight excluding hydrogens is 564 g/mol. The Balaban J connectivity index is 1.13. The molecule has 2 aliphatic carbocycles. The van der Waals surface area contributed by atoms with Crippen molar-refractivity contribution in [1.29, 1.82) is 0 Å². The highest BCUT2D eigenvalue weighted by atomic mass is 16.5. The van der Waals surface area contributed by atoms with Gasteiger partial charge in [-0.25, -0.2) is 4.98 Å². The second-order valence-corrected chi connectivity index (χ2v) is 12.6. The van der Waals surface area contributed by atoms with Gasteiger partial charge in [0.1, 0.15) is 17.3 Å². The molecule has 1 aliphatic heterocycles. The number of methoxy groups -OCH3 is 2. The molecule has 0 bridgehead atoms. The molecule has 0 unspecified atom stereocenters. The maximum atomic E-state index is 13.3. The number of nitrogens with one attached hydrogen (secondary N) is 1. The number of anilines is 1. The van der Waals surface area contributed by atoms with Crippen LogP contribution < -0.4 is 14.8 Å². The number of fused-ring (bicyclic) bond motifs is 2. The monoisotopic (exact) mass is 606 g/mol. The Labute approximate surface area is 264 Å². The van der Waals surface area contributed by atoms with E-state index in [-0.39, 0.29) is 5.91 Å². The fraction of sp³-hybridized carbons (Fsp3) is 0.417. The van der Waals surface area contributed by atoms with Crippen molar-refractivity contribution in [1.82, 2.24) is 24.2 Å². The topological polar surface area (TPSA) is 84.2 Å². The van der Waals surface area contributed by atoms with Gasteiger partial charge in [0.15, 0.2) is 0 Å². The lowest BCUT2D eigenvalue weighted by Gasteiger charge is -2.41. The summed E-state index contributed by atoms with van der Waals surface area (Å²) in [6, 6.07) is 12.5. The summed E-state index contributed by atoms with van der Waals surface area (Å²) in [5, 5.41) is 3.08. The van der Waals surface area contributed by atoms with E-state index in [9.17, 15) is 4.79 Å². The second-order valence-electron chi connectivity index (χ2n) is 12.6. The molecule has 0 spiro atoms. The molecule has 7 rings (SSSR count). The number of rotatable bonds is 7. The minimum Gasteiger partial charge on any atom is -0.496 e. The molecule has 3 aliphatic rings. The van der Waals surface area contributed by atoms with E-state index in [2.05, 4.69) is 37.7 Å². The number of carbonyl (C=O) groups excluding carboxylic acids is 1. The number of ether oxygens (including phenoxy) is 2. The first-order chi connectivity index (χ1) is 21.9. The van der Waals surface area contributed by atoms with E-state index >= 15 is 0 Å². The molecule has 2 aromatic carbocycles. The van der Waals surface area contributed by atoms with Crippen LogP contribution in [0.4, 0.5) is 5.69 Å². The summed E-state index contributed by atoms with van der Waals surface area (Å²) in [6.45, 7) is 6.71. The zero-order valence-corrected chi connectivity index (χ0v) is 26.7. The number of aryl methyl sites for hydroxylation is 1. The molecule has 1 saturated heterocycles. The van der Waals surface area contributed by atoms with Crippen molar-refractivity contribution in [3.05, 3.63) is 77.0 Å². The van der Waals surface area contributed by atoms with E-state index in [1.807, 2.05) is 55.6 Å². The van der Waals surface area contributed by atoms with Gasteiger partial charge >= 0.3 is 0 Å². The number of benzene rings is 2. The van der Waals surface area contributed by atoms with Crippen molar-refractivity contribution >= 4 is 23.2 Å². The average molecular weight is 607 g/mol. The minimum atomic E-state index is -0.152. The summed E-state index contributed by atoms with van der Waals surface area (Å²) in [5.41, 5.74) is 7.16. The Morgan fingerprint density at radius 3 is 2.51 bits per heavy atom. The highest BCUT2D eigenvalue weighted by molar-refractivity contribution is 6.09. The van der Waals surface area contributed by atoms with Crippen LogP contribution in [-0.2, 0) is 11.2 Å². The number of likely N-dealkylation sites (N-methyl/N-ethyl adjacent to an activating group) is 1. The number of hydrogen-bond donors (Lipinski definition) is 1. The Morgan fingerprint density at radius 2 is 1.76 bits per heavy atom. The number of hydrogen-bond acceptors (Lipinski definition) is 7. The SMILES string of the molecule is COc1cc(-c2nc(C3CCC(N4CCN(C)CC4)CC3)n3ccnc(C)c23)ccc1NC(=O)C1=Cc2c(cccc2OC)C1. The van der Waals surface area contributed by atoms with Crippen molar-refractivity contribution in [2.45, 2.75) is 51.0 Å². The van der Waals surface area contributed by atoms with Gasteiger partial charge in [-0.3, -0.25) is 19.1 Å². The summed E-state index contributed by atoms with van der Waals surface area (Å²) in [6.07, 6.45) is 11.1. The van der Waals surface area contributed by atoms with E-state index in [4.69, 9.17) is 14.5 Å². The number of nitrogens with zero attached hydrogens (tertiary/aromatic N) is 5. The van der Waals surface area contributed by atoms with Gasteiger partial charge in [-0.1, -0.05) is 18.2 Å². The van der Waals surface area contributed by atoms with Gasteiger partial charge in [0.05, 0.1) is 36.8 Å². The van der Waals surface area contributed by atoms with E-state index in [0.29, 0.717) is 35.4 Å². The molecule has 1 N–H and O–H groups in total. The fourth-order valence-corrected chi connectivity index (χ4v) is 7.40. The van der Waals surface area contributed by atoms with Crippen molar-refractivity contribution in [3.63, 3.8) is 0 Å². The first kappa shape index (κ1) is 29.5. The maximum Gasteiger partial charge on any atom is 0.252 e. The first-order valence-electron chi connectivity index (χ1n) is 16.1. The van der Waals surface area contributed by atoms with Crippen molar-refractivity contribution in [3.8, 4) is 22.8 Å². The first-order valence-corrected chi connectivity index (χ1v) is 16.1. The Kier molecular flexibility index (Phi) is 8.06. The Bertz CT molecular complexity index is 1760. The lowest BCUT2D eigenvalue weighted by Crippen LogP contribution is -2.49. The number of aromatic nitrogens is 3. The van der Waals surface area contributed by atoms with E-state index in [0.717, 1.165) is 71.1 Å². The van der Waals surface area contributed by atoms with Crippen LogP contribution in [0.25, 0.3) is 22.9 Å². The molecule has 9 heteroatoms. The third-order valence-corrected chi connectivity index (χ3v) is 9.97. The van der Waals surface area contributed by atoms with Crippen molar-refractivity contribution in [2.24, 2.45) is 0 Å². The molecule has 1 saturated carbocycles. The molecule has 4 aromatic rings. The van der Waals surface area contributed by atoms with E-state index in [1.54, 1.807) is 14.2 Å². The zero-order chi connectivity index (χ0) is 31.1. The number of carbonyl (C=O) groups is 1. The van der Waals surface area contributed by atoms with Crippen LogP contribution in [0.3, 0.4) is 0 Å². The fourth-order valence-electron chi connectivity index (χ4n) is 7.40. The van der Waals surface area contributed by atoms with Crippen LogP contribution in [0.15, 0.2) is 54.4 Å². The molecular formula is C36H42N6O3. The van der Waals surface area contributed by atoms with Crippen LogP contribution in [0.1, 0.15) is 54.2 Å². The predicted molar refractivity (Wildman–Crippen MR) is 177 cm³/mol. The molecule has 0 atom stereocenters. The summed E-state index contributed by atoms with van der Waals surface area (Å²) in [5.74, 6) is 2.73. The summed E-state index contributed by atoms with van der Waals surface area (Å²) < 4.78 is 13.5. The molecule has 3 heterocycles. The molecule has 45 heavy (non-hydrogen) atoms. The summed E-state index contributed by atoms with van der Waals surface area (Å²) in [7, 11) is 5.50. The molecule has 2 aromatic heterocycles. The van der Waals surface area contributed by atoms with Gasteiger partial charge in [-0.2, -0.15) is 0 Å². The molecule has 234 valence electrons. The molecule has 0 radical (unpaired) electrons. The number of imidazole rings is 1. The van der Waals surface area contributed by atoms with Crippen LogP contribution >= 0.6 is 0 Å². The van der Waals surface area contributed by atoms with E-state index in [1.165, 1.54) is 25.9 Å². The second kappa shape index (κ2) is 12.3. The minimum absolute atomic E-state index is 0.152. The molecule has 9 nitrogen and oxygen atoms in total. The number of piperazine rings is 1. The van der Waals surface area contributed by atoms with E-state index < -0.39 is 0 Å². The Hall–Kier alpha value is -4.21. The third kappa shape index (κ3) is 5.59. The van der Waals surface area contributed by atoms with Crippen LogP contribution in [0, 0.1) is 6.92 Å². The van der Waals surface area contributed by atoms with Crippen LogP contribution in [0.2, 0.25) is 0 Å². The summed E-state index contributed by atoms with van der Waals surface area (Å²) >= 11 is 0. The zero-order valence-electron chi connectivity index (χ0n) is 26.7. The average Bonchev–Trinajstić information content (AvgIpc) is 3.69. The van der Waals surface area contributed by atoms with Gasteiger partial charge < -0.3 is 19.7 Å². The van der Waals surface area contributed by atoms with Crippen LogP contribution in [0.5, 0.6) is 11.5 Å². The Morgan fingerprint density at radius 1 is 0.978 bits per heavy atom. The third-order valence-electron chi connectivity index (χ3n) is 9.97. The lowest BCUT2D eigenvalue weighted by molar-refractivity contribution is -0.112. The molecule has 2 fully saturated rings. The predicted octanol–water partition coefficient (Wildman–Crippen LogP) is 5.57. The van der Waals surface area contributed by atoms with Crippen molar-refractivity contribution < 1.29 is 14.3 Å². The smallest absolute Gasteiger partial charge is 0.252 e. The lowest BCUT2D eigenvalue weighted by atomic mass is 9.84. The normalized spacial score (nSPS) is 20.6. The summed E-state index contributed by atoms with van der Waals surface area (Å²) in [4.78, 5) is 28.4. The van der Waals surface area contributed by atoms with Crippen molar-refractivity contribution in [2.75, 3.05) is 52.8 Å². The maximum absolute atomic E-state index is 13.3. The van der Waals surface area contributed by atoms with Gasteiger partial charge in [0.2, 0.25) is 0 Å². The quantitative estimate of drug-likeness (QED) is 0.294. The van der Waals surface area contributed by atoms with Gasteiger partial charge in [-0.15, -0.1) is 0 Å². The van der Waals surface area contributed by atoms with Gasteiger partial charge in [-0.05, 0) is 69.5 Å². The highest BCUT2D eigenvalue weighted by Crippen LogP contribution is 2.40.